The van der Waals surface area contributed by atoms with Crippen molar-refractivity contribution in [3.05, 3.63) is 48.0 Å². The predicted octanol–water partition coefficient (Wildman–Crippen LogP) is 2.87. The van der Waals surface area contributed by atoms with Gasteiger partial charge in [0.15, 0.2) is 0 Å². The van der Waals surface area contributed by atoms with E-state index in [-0.39, 0.29) is 11.3 Å². The van der Waals surface area contributed by atoms with Gasteiger partial charge >= 0.3 is 0 Å². The van der Waals surface area contributed by atoms with Gasteiger partial charge < -0.3 is 11.1 Å². The second-order valence-corrected chi connectivity index (χ2v) is 6.34. The fourth-order valence-electron chi connectivity index (χ4n) is 2.41. The van der Waals surface area contributed by atoms with Gasteiger partial charge in [-0.2, -0.15) is 0 Å². The summed E-state index contributed by atoms with van der Waals surface area (Å²) >= 11 is 0. The highest BCUT2D eigenvalue weighted by Crippen LogP contribution is 2.18. The first-order valence-corrected chi connectivity index (χ1v) is 7.45. The molecular weight excluding hydrogens is 260 g/mol. The van der Waals surface area contributed by atoms with Crippen molar-refractivity contribution in [3.63, 3.8) is 0 Å². The molecule has 0 heterocycles. The Morgan fingerprint density at radius 2 is 1.86 bits per heavy atom. The van der Waals surface area contributed by atoms with Crippen LogP contribution >= 0.6 is 0 Å². The van der Waals surface area contributed by atoms with Gasteiger partial charge in [0.05, 0.1) is 6.42 Å². The van der Waals surface area contributed by atoms with Gasteiger partial charge in [-0.05, 0) is 34.7 Å². The number of carbonyl (C=O) groups is 1. The molecule has 0 spiro atoms. The third kappa shape index (κ3) is 4.57. The lowest BCUT2D eigenvalue weighted by Crippen LogP contribution is -2.36. The Morgan fingerprint density at radius 3 is 2.57 bits per heavy atom. The summed E-state index contributed by atoms with van der Waals surface area (Å²) in [6, 6.07) is 14.4. The zero-order chi connectivity index (χ0) is 15.3. The Hall–Kier alpha value is -1.87. The van der Waals surface area contributed by atoms with Crippen LogP contribution in [0.15, 0.2) is 42.5 Å². The van der Waals surface area contributed by atoms with Crippen LogP contribution in [0.3, 0.4) is 0 Å². The molecule has 3 N–H and O–H groups in total. The van der Waals surface area contributed by atoms with Crippen LogP contribution in [-0.4, -0.2) is 19.0 Å². The van der Waals surface area contributed by atoms with Gasteiger partial charge in [-0.1, -0.05) is 56.3 Å². The van der Waals surface area contributed by atoms with Crippen molar-refractivity contribution >= 4 is 16.7 Å². The number of benzene rings is 2. The Kier molecular flexibility index (Phi) is 4.97. The lowest BCUT2D eigenvalue weighted by molar-refractivity contribution is -0.120. The lowest BCUT2D eigenvalue weighted by atomic mass is 9.89. The number of nitrogens with two attached hydrogens (primary N) is 1. The van der Waals surface area contributed by atoms with E-state index in [1.54, 1.807) is 0 Å². The molecule has 0 aliphatic rings. The van der Waals surface area contributed by atoms with Gasteiger partial charge in [0.25, 0.3) is 0 Å². The van der Waals surface area contributed by atoms with E-state index in [2.05, 4.69) is 43.4 Å². The quantitative estimate of drug-likeness (QED) is 0.857. The minimum absolute atomic E-state index is 0.0494. The zero-order valence-corrected chi connectivity index (χ0v) is 12.9. The number of fused-ring (bicyclic) bond motifs is 1. The van der Waals surface area contributed by atoms with Crippen molar-refractivity contribution in [2.24, 2.45) is 11.1 Å². The third-order valence-corrected chi connectivity index (χ3v) is 3.76. The number of nitrogens with one attached hydrogen (secondary N) is 1. The Labute approximate surface area is 126 Å². The molecule has 0 saturated carbocycles. The Morgan fingerprint density at radius 1 is 1.14 bits per heavy atom. The summed E-state index contributed by atoms with van der Waals surface area (Å²) < 4.78 is 0. The molecule has 2 aromatic rings. The molecule has 0 fully saturated rings. The summed E-state index contributed by atoms with van der Waals surface area (Å²) in [6.45, 7) is 5.55. The number of amides is 1. The Bertz CT molecular complexity index is 619. The fourth-order valence-corrected chi connectivity index (χ4v) is 2.41. The van der Waals surface area contributed by atoms with Gasteiger partial charge in [0, 0.05) is 6.54 Å². The van der Waals surface area contributed by atoms with Gasteiger partial charge in [-0.25, -0.2) is 0 Å². The molecule has 0 atom stereocenters. The van der Waals surface area contributed by atoms with Crippen molar-refractivity contribution in [2.75, 3.05) is 13.1 Å². The first kappa shape index (κ1) is 15.5. The SMILES string of the molecule is CC(C)(CCN)CNC(=O)Cc1ccc2ccccc2c1. The van der Waals surface area contributed by atoms with Crippen LogP contribution in [-0.2, 0) is 11.2 Å². The Balaban J connectivity index is 1.95. The molecule has 112 valence electrons. The summed E-state index contributed by atoms with van der Waals surface area (Å²) in [5.41, 5.74) is 6.68. The maximum atomic E-state index is 12.1. The highest BCUT2D eigenvalue weighted by molar-refractivity contribution is 5.85. The van der Waals surface area contributed by atoms with Crippen LogP contribution in [0.4, 0.5) is 0 Å². The van der Waals surface area contributed by atoms with E-state index in [9.17, 15) is 4.79 Å². The highest BCUT2D eigenvalue weighted by atomic mass is 16.1. The number of carbonyl (C=O) groups excluding carboxylic acids is 1. The first-order valence-electron chi connectivity index (χ1n) is 7.45. The molecule has 21 heavy (non-hydrogen) atoms. The smallest absolute Gasteiger partial charge is 0.224 e. The van der Waals surface area contributed by atoms with Gasteiger partial charge in [-0.3, -0.25) is 4.79 Å². The van der Waals surface area contributed by atoms with Crippen molar-refractivity contribution in [1.82, 2.24) is 5.32 Å². The second-order valence-electron chi connectivity index (χ2n) is 6.34. The molecule has 1 amide bonds. The summed E-state index contributed by atoms with van der Waals surface area (Å²) in [6.07, 6.45) is 1.33. The standard InChI is InChI=1S/C18H24N2O/c1-18(2,9-10-19)13-20-17(21)12-14-7-8-15-5-3-4-6-16(15)11-14/h3-8,11H,9-10,12-13,19H2,1-2H3,(H,20,21). The van der Waals surface area contributed by atoms with E-state index in [0.717, 1.165) is 12.0 Å². The van der Waals surface area contributed by atoms with Crippen molar-refractivity contribution in [1.29, 1.82) is 0 Å². The van der Waals surface area contributed by atoms with Crippen LogP contribution in [0, 0.1) is 5.41 Å². The molecule has 0 aliphatic carbocycles. The molecule has 0 aliphatic heterocycles. The largest absolute Gasteiger partial charge is 0.355 e. The maximum absolute atomic E-state index is 12.1. The van der Waals surface area contributed by atoms with Crippen molar-refractivity contribution in [2.45, 2.75) is 26.7 Å². The third-order valence-electron chi connectivity index (χ3n) is 3.76. The van der Waals surface area contributed by atoms with Gasteiger partial charge in [-0.15, -0.1) is 0 Å². The van der Waals surface area contributed by atoms with E-state index < -0.39 is 0 Å². The molecule has 0 unspecified atom stereocenters. The number of hydrogen-bond acceptors (Lipinski definition) is 2. The van der Waals surface area contributed by atoms with Gasteiger partial charge in [0.2, 0.25) is 5.91 Å². The van der Waals surface area contributed by atoms with E-state index in [4.69, 9.17) is 5.73 Å². The van der Waals surface area contributed by atoms with E-state index >= 15 is 0 Å². The average molecular weight is 284 g/mol. The maximum Gasteiger partial charge on any atom is 0.224 e. The summed E-state index contributed by atoms with van der Waals surface area (Å²) in [4.78, 5) is 12.1. The summed E-state index contributed by atoms with van der Waals surface area (Å²) in [7, 11) is 0. The van der Waals surface area contributed by atoms with Crippen LogP contribution in [0.1, 0.15) is 25.8 Å². The molecule has 3 heteroatoms. The molecule has 0 bridgehead atoms. The summed E-state index contributed by atoms with van der Waals surface area (Å²) in [5, 5.41) is 5.38. The van der Waals surface area contributed by atoms with Gasteiger partial charge in [0.1, 0.15) is 0 Å². The molecule has 2 rings (SSSR count). The van der Waals surface area contributed by atoms with Crippen molar-refractivity contribution in [3.8, 4) is 0 Å². The highest BCUT2D eigenvalue weighted by Gasteiger charge is 2.17. The lowest BCUT2D eigenvalue weighted by Gasteiger charge is -2.24. The number of rotatable bonds is 6. The first-order chi connectivity index (χ1) is 10.00. The predicted molar refractivity (Wildman–Crippen MR) is 88.1 cm³/mol. The molecule has 3 nitrogen and oxygen atoms in total. The molecule has 0 radical (unpaired) electrons. The monoisotopic (exact) mass is 284 g/mol. The minimum Gasteiger partial charge on any atom is -0.355 e. The van der Waals surface area contributed by atoms with Crippen LogP contribution in [0.5, 0.6) is 0 Å². The zero-order valence-electron chi connectivity index (χ0n) is 12.9. The van der Waals surface area contributed by atoms with Crippen LogP contribution in [0.2, 0.25) is 0 Å². The van der Waals surface area contributed by atoms with E-state index in [0.29, 0.717) is 19.5 Å². The molecular formula is C18H24N2O. The average Bonchev–Trinajstić information content (AvgIpc) is 2.45. The van der Waals surface area contributed by atoms with Crippen molar-refractivity contribution < 1.29 is 4.79 Å². The molecule has 2 aromatic carbocycles. The number of hydrogen-bond donors (Lipinski definition) is 2. The molecule has 0 aromatic heterocycles. The normalized spacial score (nSPS) is 11.6. The summed E-state index contributed by atoms with van der Waals surface area (Å²) in [5.74, 6) is 0.0652. The van der Waals surface area contributed by atoms with E-state index in [1.165, 1.54) is 10.8 Å². The topological polar surface area (TPSA) is 55.1 Å². The minimum atomic E-state index is 0.0494. The van der Waals surface area contributed by atoms with E-state index in [1.807, 2.05) is 18.2 Å². The van der Waals surface area contributed by atoms with Crippen LogP contribution in [0.25, 0.3) is 10.8 Å². The second kappa shape index (κ2) is 6.72. The molecule has 0 saturated heterocycles. The van der Waals surface area contributed by atoms with Crippen LogP contribution < -0.4 is 11.1 Å². The fraction of sp³-hybridized carbons (Fsp3) is 0.389.